The molecule has 1 aromatic heterocycles. The Hall–Kier alpha value is -2.36. The van der Waals surface area contributed by atoms with Gasteiger partial charge in [-0.25, -0.2) is 0 Å². The van der Waals surface area contributed by atoms with E-state index in [0.717, 1.165) is 5.56 Å². The van der Waals surface area contributed by atoms with Crippen LogP contribution in [-0.2, 0) is 7.05 Å². The molecule has 4 nitrogen and oxygen atoms in total. The highest BCUT2D eigenvalue weighted by Crippen LogP contribution is 2.21. The molecule has 1 aromatic carbocycles. The van der Waals surface area contributed by atoms with Crippen LogP contribution in [0.25, 0.3) is 0 Å². The van der Waals surface area contributed by atoms with Crippen LogP contribution in [0.15, 0.2) is 42.6 Å². The van der Waals surface area contributed by atoms with Crippen molar-refractivity contribution in [2.75, 3.05) is 7.05 Å². The zero-order valence-corrected chi connectivity index (χ0v) is 12.8. The van der Waals surface area contributed by atoms with E-state index in [1.807, 2.05) is 37.3 Å². The van der Waals surface area contributed by atoms with E-state index >= 15 is 0 Å². The minimum absolute atomic E-state index is 0.0330. The summed E-state index contributed by atoms with van der Waals surface area (Å²) in [5.74, 6) is -0.134. The first-order chi connectivity index (χ1) is 9.91. The summed E-state index contributed by atoms with van der Waals surface area (Å²) < 4.78 is 1.70. The predicted molar refractivity (Wildman–Crippen MR) is 82.4 cm³/mol. The van der Waals surface area contributed by atoms with Crippen molar-refractivity contribution in [3.8, 4) is 0 Å². The zero-order valence-electron chi connectivity index (χ0n) is 12.8. The van der Waals surface area contributed by atoms with Crippen LogP contribution in [-0.4, -0.2) is 28.2 Å². The number of Topliss-reactive ketones (excluding diaryl/α,β-unsaturated/α-hetero) is 1. The molecule has 2 aromatic rings. The lowest BCUT2D eigenvalue weighted by Gasteiger charge is -2.25. The van der Waals surface area contributed by atoms with Crippen molar-refractivity contribution in [3.05, 3.63) is 59.4 Å². The van der Waals surface area contributed by atoms with Crippen LogP contribution in [0.3, 0.4) is 0 Å². The van der Waals surface area contributed by atoms with E-state index in [1.54, 1.807) is 35.8 Å². The Morgan fingerprint density at radius 3 is 2.33 bits per heavy atom. The Balaban J connectivity index is 2.25. The van der Waals surface area contributed by atoms with Crippen molar-refractivity contribution in [2.45, 2.75) is 19.9 Å². The molecule has 1 amide bonds. The van der Waals surface area contributed by atoms with Gasteiger partial charge in [0.1, 0.15) is 5.69 Å². The lowest BCUT2D eigenvalue weighted by atomic mass is 10.1. The summed E-state index contributed by atoms with van der Waals surface area (Å²) >= 11 is 0. The molecular formula is C17H20N2O2. The number of nitrogens with zero attached hydrogens (tertiary/aromatic N) is 2. The largest absolute Gasteiger partial charge is 0.346 e. The Bertz CT molecular complexity index is 659. The fraction of sp³-hybridized carbons (Fsp3) is 0.294. The van der Waals surface area contributed by atoms with Crippen molar-refractivity contribution in [3.63, 3.8) is 0 Å². The lowest BCUT2D eigenvalue weighted by molar-refractivity contribution is 0.0733. The number of hydrogen-bond acceptors (Lipinski definition) is 2. The van der Waals surface area contributed by atoms with E-state index in [9.17, 15) is 9.59 Å². The summed E-state index contributed by atoms with van der Waals surface area (Å²) in [6.07, 6.45) is 1.69. The van der Waals surface area contributed by atoms with Crippen molar-refractivity contribution >= 4 is 11.7 Å². The molecule has 1 heterocycles. The fourth-order valence-electron chi connectivity index (χ4n) is 2.28. The van der Waals surface area contributed by atoms with E-state index in [0.29, 0.717) is 11.3 Å². The quantitative estimate of drug-likeness (QED) is 0.810. The number of benzene rings is 1. The van der Waals surface area contributed by atoms with E-state index < -0.39 is 0 Å². The molecule has 0 aliphatic carbocycles. The molecule has 0 radical (unpaired) electrons. The van der Waals surface area contributed by atoms with E-state index in [2.05, 4.69) is 0 Å². The first-order valence-corrected chi connectivity index (χ1v) is 6.91. The average molecular weight is 284 g/mol. The van der Waals surface area contributed by atoms with Gasteiger partial charge in [-0.1, -0.05) is 30.3 Å². The summed E-state index contributed by atoms with van der Waals surface area (Å²) in [6, 6.07) is 11.5. The number of hydrogen-bond donors (Lipinski definition) is 0. The van der Waals surface area contributed by atoms with E-state index in [4.69, 9.17) is 0 Å². The molecule has 0 bridgehead atoms. The lowest BCUT2D eigenvalue weighted by Crippen LogP contribution is -2.30. The molecule has 110 valence electrons. The van der Waals surface area contributed by atoms with E-state index in [1.165, 1.54) is 6.92 Å². The number of carbonyl (C=O) groups is 2. The number of aryl methyl sites for hydroxylation is 1. The normalized spacial score (nSPS) is 12.0. The highest BCUT2D eigenvalue weighted by Gasteiger charge is 2.22. The minimum Gasteiger partial charge on any atom is -0.346 e. The van der Waals surface area contributed by atoms with Gasteiger partial charge in [0.15, 0.2) is 5.78 Å². The van der Waals surface area contributed by atoms with Gasteiger partial charge in [0.25, 0.3) is 5.91 Å². The molecule has 0 saturated heterocycles. The maximum Gasteiger partial charge on any atom is 0.270 e. The fourth-order valence-corrected chi connectivity index (χ4v) is 2.28. The van der Waals surface area contributed by atoms with Gasteiger partial charge < -0.3 is 9.47 Å². The second-order valence-corrected chi connectivity index (χ2v) is 5.28. The molecule has 2 rings (SSSR count). The van der Waals surface area contributed by atoms with Gasteiger partial charge >= 0.3 is 0 Å². The number of carbonyl (C=O) groups excluding carboxylic acids is 2. The third-order valence-electron chi connectivity index (χ3n) is 3.81. The monoisotopic (exact) mass is 284 g/mol. The molecule has 0 saturated carbocycles. The molecule has 21 heavy (non-hydrogen) atoms. The van der Waals surface area contributed by atoms with Gasteiger partial charge in [-0.15, -0.1) is 0 Å². The summed E-state index contributed by atoms with van der Waals surface area (Å²) in [5, 5.41) is 0. The van der Waals surface area contributed by atoms with Crippen LogP contribution < -0.4 is 0 Å². The Kier molecular flexibility index (Phi) is 4.26. The first-order valence-electron chi connectivity index (χ1n) is 6.91. The van der Waals surface area contributed by atoms with Gasteiger partial charge in [-0.2, -0.15) is 0 Å². The summed E-state index contributed by atoms with van der Waals surface area (Å²) in [7, 11) is 3.56. The second kappa shape index (κ2) is 5.95. The van der Waals surface area contributed by atoms with Crippen LogP contribution in [0.5, 0.6) is 0 Å². The smallest absolute Gasteiger partial charge is 0.270 e. The van der Waals surface area contributed by atoms with Crippen LogP contribution in [0.2, 0.25) is 0 Å². The highest BCUT2D eigenvalue weighted by molar-refractivity contribution is 5.99. The standard InChI is InChI=1S/C17H20N2O2/c1-12(14-8-6-5-7-9-14)19(4)17(21)16-10-15(13(2)20)11-18(16)3/h5-12H,1-4H3/t12-/m1/s1. The van der Waals surface area contributed by atoms with Gasteiger partial charge in [0, 0.05) is 25.9 Å². The zero-order chi connectivity index (χ0) is 15.6. The molecule has 1 atom stereocenters. The molecule has 0 N–H and O–H groups in total. The predicted octanol–water partition coefficient (Wildman–Crippen LogP) is 3.06. The molecule has 0 fully saturated rings. The van der Waals surface area contributed by atoms with Crippen molar-refractivity contribution in [2.24, 2.45) is 7.05 Å². The van der Waals surface area contributed by atoms with Gasteiger partial charge in [0.05, 0.1) is 6.04 Å². The van der Waals surface area contributed by atoms with Crippen molar-refractivity contribution < 1.29 is 9.59 Å². The average Bonchev–Trinajstić information content (AvgIpc) is 2.88. The second-order valence-electron chi connectivity index (χ2n) is 5.28. The molecular weight excluding hydrogens is 264 g/mol. The third-order valence-corrected chi connectivity index (χ3v) is 3.81. The van der Waals surface area contributed by atoms with Gasteiger partial charge in [-0.3, -0.25) is 9.59 Å². The Morgan fingerprint density at radius 1 is 1.19 bits per heavy atom. The minimum atomic E-state index is -0.0960. The number of aromatic nitrogens is 1. The van der Waals surface area contributed by atoms with Crippen LogP contribution in [0.4, 0.5) is 0 Å². The first kappa shape index (κ1) is 15.0. The SMILES string of the molecule is CC(=O)c1cc(C(=O)N(C)[C@H](C)c2ccccc2)n(C)c1. The van der Waals surface area contributed by atoms with Crippen LogP contribution in [0, 0.1) is 0 Å². The molecule has 4 heteroatoms. The van der Waals surface area contributed by atoms with Gasteiger partial charge in [-0.05, 0) is 25.5 Å². The van der Waals surface area contributed by atoms with Crippen molar-refractivity contribution in [1.82, 2.24) is 9.47 Å². The summed E-state index contributed by atoms with van der Waals surface area (Å²) in [6.45, 7) is 3.49. The maximum absolute atomic E-state index is 12.6. The number of rotatable bonds is 4. The van der Waals surface area contributed by atoms with Crippen LogP contribution >= 0.6 is 0 Å². The number of ketones is 1. The topological polar surface area (TPSA) is 42.3 Å². The third kappa shape index (κ3) is 3.05. The van der Waals surface area contributed by atoms with E-state index in [-0.39, 0.29) is 17.7 Å². The Morgan fingerprint density at radius 2 is 1.81 bits per heavy atom. The summed E-state index contributed by atoms with van der Waals surface area (Å²) in [5.41, 5.74) is 2.15. The van der Waals surface area contributed by atoms with Crippen molar-refractivity contribution in [1.29, 1.82) is 0 Å². The highest BCUT2D eigenvalue weighted by atomic mass is 16.2. The molecule has 0 aliphatic heterocycles. The molecule has 0 aliphatic rings. The van der Waals surface area contributed by atoms with Crippen LogP contribution in [0.1, 0.15) is 46.3 Å². The molecule has 0 unspecified atom stereocenters. The Labute approximate surface area is 125 Å². The molecule has 0 spiro atoms. The maximum atomic E-state index is 12.6. The number of amides is 1. The van der Waals surface area contributed by atoms with Gasteiger partial charge in [0.2, 0.25) is 0 Å². The summed E-state index contributed by atoms with van der Waals surface area (Å²) in [4.78, 5) is 25.7.